The molecule has 0 aliphatic carbocycles. The lowest BCUT2D eigenvalue weighted by atomic mass is 10.0. The molecule has 2 atom stereocenters. The topological polar surface area (TPSA) is 75.4 Å². The van der Waals surface area contributed by atoms with Gasteiger partial charge in [0.05, 0.1) is 0 Å². The van der Waals surface area contributed by atoms with Crippen molar-refractivity contribution in [2.45, 2.75) is 52.1 Å². The number of carbonyl (C=O) groups excluding carboxylic acids is 2. The molecule has 2 unspecified atom stereocenters. The first-order valence-corrected chi connectivity index (χ1v) is 6.75. The lowest BCUT2D eigenvalue weighted by Crippen LogP contribution is -2.47. The zero-order valence-electron chi connectivity index (χ0n) is 11.6. The van der Waals surface area contributed by atoms with Gasteiger partial charge in [0.25, 0.3) is 0 Å². The molecule has 0 aromatic carbocycles. The maximum absolute atomic E-state index is 12.0. The van der Waals surface area contributed by atoms with Crippen LogP contribution in [-0.2, 0) is 9.59 Å². The molecule has 0 radical (unpaired) electrons. The predicted molar refractivity (Wildman–Crippen MR) is 70.8 cm³/mol. The summed E-state index contributed by atoms with van der Waals surface area (Å²) in [5.74, 6) is 0.135. The summed E-state index contributed by atoms with van der Waals surface area (Å²) < 4.78 is 0. The summed E-state index contributed by atoms with van der Waals surface area (Å²) in [6, 6.07) is -0.603. The predicted octanol–water partition coefficient (Wildman–Crippen LogP) is 0.487. The van der Waals surface area contributed by atoms with Gasteiger partial charge in [-0.1, -0.05) is 13.8 Å². The van der Waals surface area contributed by atoms with Crippen LogP contribution in [0.4, 0.5) is 0 Å². The van der Waals surface area contributed by atoms with Gasteiger partial charge in [-0.3, -0.25) is 9.59 Å². The summed E-state index contributed by atoms with van der Waals surface area (Å²) in [5, 5.41) is 2.73. The maximum atomic E-state index is 12.0. The van der Waals surface area contributed by atoms with Crippen LogP contribution in [0.3, 0.4) is 0 Å². The van der Waals surface area contributed by atoms with Crippen molar-refractivity contribution in [1.82, 2.24) is 10.2 Å². The molecule has 5 heteroatoms. The van der Waals surface area contributed by atoms with Crippen LogP contribution in [0, 0.1) is 5.92 Å². The first-order chi connectivity index (χ1) is 8.41. The largest absolute Gasteiger partial charge is 0.345 e. The monoisotopic (exact) mass is 255 g/mol. The summed E-state index contributed by atoms with van der Waals surface area (Å²) in [5.41, 5.74) is 5.84. The summed E-state index contributed by atoms with van der Waals surface area (Å²) in [7, 11) is 0. The minimum Gasteiger partial charge on any atom is -0.345 e. The highest BCUT2D eigenvalue weighted by atomic mass is 16.2. The van der Waals surface area contributed by atoms with E-state index in [2.05, 4.69) is 5.32 Å². The van der Waals surface area contributed by atoms with Crippen molar-refractivity contribution in [1.29, 1.82) is 0 Å². The van der Waals surface area contributed by atoms with E-state index >= 15 is 0 Å². The molecule has 0 aromatic rings. The quantitative estimate of drug-likeness (QED) is 0.750. The SMILES string of the molecule is CC(NC(=O)CC(N)C(C)C)C(=O)N1CCCC1. The molecule has 0 spiro atoms. The Morgan fingerprint density at radius 1 is 1.22 bits per heavy atom. The van der Waals surface area contributed by atoms with Crippen LogP contribution >= 0.6 is 0 Å². The molecule has 104 valence electrons. The third kappa shape index (κ3) is 4.29. The minimum atomic E-state index is -0.449. The highest BCUT2D eigenvalue weighted by Gasteiger charge is 2.24. The third-order valence-electron chi connectivity index (χ3n) is 3.44. The van der Waals surface area contributed by atoms with Crippen molar-refractivity contribution in [2.24, 2.45) is 11.7 Å². The van der Waals surface area contributed by atoms with Gasteiger partial charge in [0.2, 0.25) is 11.8 Å². The molecule has 2 amide bonds. The highest BCUT2D eigenvalue weighted by molar-refractivity contribution is 5.87. The van der Waals surface area contributed by atoms with Gasteiger partial charge in [-0.2, -0.15) is 0 Å². The van der Waals surface area contributed by atoms with E-state index in [4.69, 9.17) is 5.73 Å². The molecule has 1 rings (SSSR count). The van der Waals surface area contributed by atoms with E-state index in [0.717, 1.165) is 25.9 Å². The van der Waals surface area contributed by atoms with Gasteiger partial charge in [-0.25, -0.2) is 0 Å². The smallest absolute Gasteiger partial charge is 0.244 e. The lowest BCUT2D eigenvalue weighted by molar-refractivity contribution is -0.135. The van der Waals surface area contributed by atoms with E-state index in [1.165, 1.54) is 0 Å². The molecule has 5 nitrogen and oxygen atoms in total. The Hall–Kier alpha value is -1.10. The van der Waals surface area contributed by atoms with Crippen molar-refractivity contribution in [3.8, 4) is 0 Å². The Balaban J connectivity index is 2.36. The zero-order valence-corrected chi connectivity index (χ0v) is 11.6. The number of rotatable bonds is 5. The molecule has 0 aromatic heterocycles. The highest BCUT2D eigenvalue weighted by Crippen LogP contribution is 2.09. The number of nitrogens with one attached hydrogen (secondary N) is 1. The van der Waals surface area contributed by atoms with Crippen LogP contribution < -0.4 is 11.1 Å². The zero-order chi connectivity index (χ0) is 13.7. The first-order valence-electron chi connectivity index (χ1n) is 6.75. The Labute approximate surface area is 109 Å². The number of amides is 2. The number of carbonyl (C=O) groups is 2. The fourth-order valence-electron chi connectivity index (χ4n) is 2.02. The summed E-state index contributed by atoms with van der Waals surface area (Å²) >= 11 is 0. The maximum Gasteiger partial charge on any atom is 0.244 e. The second kappa shape index (κ2) is 6.73. The number of nitrogens with zero attached hydrogens (tertiary/aromatic N) is 1. The van der Waals surface area contributed by atoms with Crippen LogP contribution in [0.5, 0.6) is 0 Å². The number of hydrogen-bond donors (Lipinski definition) is 2. The van der Waals surface area contributed by atoms with Crippen molar-refractivity contribution >= 4 is 11.8 Å². The van der Waals surface area contributed by atoms with E-state index in [0.29, 0.717) is 0 Å². The molecule has 0 bridgehead atoms. The van der Waals surface area contributed by atoms with E-state index < -0.39 is 6.04 Å². The van der Waals surface area contributed by atoms with E-state index in [1.807, 2.05) is 18.7 Å². The molecule has 1 fully saturated rings. The van der Waals surface area contributed by atoms with Gasteiger partial charge in [0.15, 0.2) is 0 Å². The average molecular weight is 255 g/mol. The Morgan fingerprint density at radius 2 is 1.78 bits per heavy atom. The number of likely N-dealkylation sites (tertiary alicyclic amines) is 1. The van der Waals surface area contributed by atoms with Crippen LogP contribution in [0.25, 0.3) is 0 Å². The second-order valence-electron chi connectivity index (χ2n) is 5.43. The summed E-state index contributed by atoms with van der Waals surface area (Å²) in [6.45, 7) is 7.32. The van der Waals surface area contributed by atoms with Crippen LogP contribution in [0.2, 0.25) is 0 Å². The molecule has 0 saturated carbocycles. The van der Waals surface area contributed by atoms with Crippen molar-refractivity contribution in [2.75, 3.05) is 13.1 Å². The Bertz CT molecular complexity index is 299. The van der Waals surface area contributed by atoms with Crippen LogP contribution in [0.1, 0.15) is 40.0 Å². The standard InChI is InChI=1S/C13H25N3O2/c1-9(2)11(14)8-12(17)15-10(3)13(18)16-6-4-5-7-16/h9-11H,4-8,14H2,1-3H3,(H,15,17). The van der Waals surface area contributed by atoms with Gasteiger partial charge in [0.1, 0.15) is 6.04 Å². The van der Waals surface area contributed by atoms with Gasteiger partial charge in [0, 0.05) is 25.6 Å². The Morgan fingerprint density at radius 3 is 2.28 bits per heavy atom. The van der Waals surface area contributed by atoms with Gasteiger partial charge in [-0.05, 0) is 25.7 Å². The van der Waals surface area contributed by atoms with Gasteiger partial charge >= 0.3 is 0 Å². The average Bonchev–Trinajstić information content (AvgIpc) is 2.80. The fourth-order valence-corrected chi connectivity index (χ4v) is 2.02. The molecular formula is C13H25N3O2. The van der Waals surface area contributed by atoms with Gasteiger partial charge < -0.3 is 16.0 Å². The third-order valence-corrected chi connectivity index (χ3v) is 3.44. The molecular weight excluding hydrogens is 230 g/mol. The van der Waals surface area contributed by atoms with Crippen molar-refractivity contribution < 1.29 is 9.59 Å². The number of nitrogens with two attached hydrogens (primary N) is 1. The molecule has 1 aliphatic heterocycles. The van der Waals surface area contributed by atoms with Crippen molar-refractivity contribution in [3.63, 3.8) is 0 Å². The molecule has 1 aliphatic rings. The summed E-state index contributed by atoms with van der Waals surface area (Å²) in [6.07, 6.45) is 2.39. The first kappa shape index (κ1) is 15.0. The molecule has 1 saturated heterocycles. The van der Waals surface area contributed by atoms with Crippen molar-refractivity contribution in [3.05, 3.63) is 0 Å². The van der Waals surface area contributed by atoms with Crippen LogP contribution in [-0.4, -0.2) is 41.9 Å². The lowest BCUT2D eigenvalue weighted by Gasteiger charge is -2.22. The van der Waals surface area contributed by atoms with E-state index in [-0.39, 0.29) is 30.2 Å². The molecule has 1 heterocycles. The normalized spacial score (nSPS) is 18.8. The molecule has 18 heavy (non-hydrogen) atoms. The fraction of sp³-hybridized carbons (Fsp3) is 0.846. The Kier molecular flexibility index (Phi) is 5.59. The van der Waals surface area contributed by atoms with E-state index in [1.54, 1.807) is 6.92 Å². The summed E-state index contributed by atoms with van der Waals surface area (Å²) in [4.78, 5) is 25.5. The second-order valence-corrected chi connectivity index (χ2v) is 5.43. The van der Waals surface area contributed by atoms with E-state index in [9.17, 15) is 9.59 Å². The number of hydrogen-bond acceptors (Lipinski definition) is 3. The minimum absolute atomic E-state index is 0.0129. The molecule has 3 N–H and O–H groups in total. The van der Waals surface area contributed by atoms with Gasteiger partial charge in [-0.15, -0.1) is 0 Å². The van der Waals surface area contributed by atoms with Crippen LogP contribution in [0.15, 0.2) is 0 Å².